The van der Waals surface area contributed by atoms with Gasteiger partial charge in [-0.05, 0) is 45.3 Å². The van der Waals surface area contributed by atoms with Gasteiger partial charge in [0.05, 0.1) is 5.75 Å². The zero-order valence-electron chi connectivity index (χ0n) is 10.9. The zero-order valence-corrected chi connectivity index (χ0v) is 11.7. The van der Waals surface area contributed by atoms with Crippen LogP contribution in [-0.4, -0.2) is 63.7 Å². The van der Waals surface area contributed by atoms with E-state index in [4.69, 9.17) is 5.73 Å². The van der Waals surface area contributed by atoms with Crippen molar-refractivity contribution in [3.8, 4) is 0 Å². The minimum atomic E-state index is -3.08. The van der Waals surface area contributed by atoms with Gasteiger partial charge in [-0.3, -0.25) is 0 Å². The molecule has 0 saturated carbocycles. The number of unbranched alkanes of at least 4 members (excludes halogenated alkanes) is 1. The van der Waals surface area contributed by atoms with Gasteiger partial charge >= 0.3 is 0 Å². The summed E-state index contributed by atoms with van der Waals surface area (Å²) in [5.41, 5.74) is 5.37. The predicted octanol–water partition coefficient (Wildman–Crippen LogP) is -0.0614. The Bertz CT molecular complexity index is 319. The van der Waals surface area contributed by atoms with E-state index in [9.17, 15) is 8.42 Å². The average Bonchev–Trinajstić information content (AvgIpc) is 2.64. The molecule has 0 radical (unpaired) electrons. The Kier molecular flexibility index (Phi) is 5.85. The Morgan fingerprint density at radius 3 is 2.65 bits per heavy atom. The second-order valence-electron chi connectivity index (χ2n) is 5.01. The molecular formula is C11H25N3O2S. The summed E-state index contributed by atoms with van der Waals surface area (Å²) in [6, 6.07) is 0. The largest absolute Gasteiger partial charge is 0.330 e. The fraction of sp³-hybridized carbons (Fsp3) is 1.00. The standard InChI is InChI=1S/C11H25N3O2S/c1-13-7-5-11(9-13)10-14(2)17(15,16)8-4-3-6-12/h11H,3-10,12H2,1-2H3. The summed E-state index contributed by atoms with van der Waals surface area (Å²) in [4.78, 5) is 2.25. The molecule has 17 heavy (non-hydrogen) atoms. The van der Waals surface area contributed by atoms with Crippen molar-refractivity contribution < 1.29 is 8.42 Å². The molecule has 0 aromatic carbocycles. The lowest BCUT2D eigenvalue weighted by atomic mass is 10.1. The molecule has 1 unspecified atom stereocenters. The van der Waals surface area contributed by atoms with E-state index in [-0.39, 0.29) is 5.75 Å². The second kappa shape index (κ2) is 6.68. The Hall–Kier alpha value is -0.170. The highest BCUT2D eigenvalue weighted by atomic mass is 32.2. The first-order valence-electron chi connectivity index (χ1n) is 6.28. The number of likely N-dealkylation sites (tertiary alicyclic amines) is 1. The van der Waals surface area contributed by atoms with Crippen LogP contribution in [0.4, 0.5) is 0 Å². The average molecular weight is 263 g/mol. The molecule has 0 spiro atoms. The molecule has 6 heteroatoms. The molecule has 0 bridgehead atoms. The molecule has 1 atom stereocenters. The van der Waals surface area contributed by atoms with Gasteiger partial charge in [0.1, 0.15) is 0 Å². The third-order valence-electron chi connectivity index (χ3n) is 3.34. The Labute approximate surface area is 105 Å². The normalized spacial score (nSPS) is 22.5. The fourth-order valence-electron chi connectivity index (χ4n) is 2.24. The van der Waals surface area contributed by atoms with Crippen LogP contribution in [0.5, 0.6) is 0 Å². The van der Waals surface area contributed by atoms with Crippen LogP contribution in [0.2, 0.25) is 0 Å². The molecule has 1 aliphatic heterocycles. The van der Waals surface area contributed by atoms with E-state index in [1.807, 2.05) is 0 Å². The first kappa shape index (κ1) is 14.9. The van der Waals surface area contributed by atoms with Gasteiger partial charge in [-0.2, -0.15) is 0 Å². The Morgan fingerprint density at radius 1 is 1.41 bits per heavy atom. The maximum atomic E-state index is 11.9. The minimum absolute atomic E-state index is 0.225. The molecule has 1 heterocycles. The highest BCUT2D eigenvalue weighted by Gasteiger charge is 2.25. The first-order valence-corrected chi connectivity index (χ1v) is 7.89. The third kappa shape index (κ3) is 4.91. The predicted molar refractivity (Wildman–Crippen MR) is 70.3 cm³/mol. The highest BCUT2D eigenvalue weighted by molar-refractivity contribution is 7.89. The van der Waals surface area contributed by atoms with Gasteiger partial charge in [-0.15, -0.1) is 0 Å². The zero-order chi connectivity index (χ0) is 12.9. The van der Waals surface area contributed by atoms with Crippen molar-refractivity contribution >= 4 is 10.0 Å². The van der Waals surface area contributed by atoms with Crippen molar-refractivity contribution in [2.45, 2.75) is 19.3 Å². The van der Waals surface area contributed by atoms with Crippen LogP contribution in [0.3, 0.4) is 0 Å². The number of hydrogen-bond donors (Lipinski definition) is 1. The van der Waals surface area contributed by atoms with Crippen LogP contribution in [-0.2, 0) is 10.0 Å². The number of hydrogen-bond acceptors (Lipinski definition) is 4. The van der Waals surface area contributed by atoms with Crippen LogP contribution in [0.1, 0.15) is 19.3 Å². The van der Waals surface area contributed by atoms with Crippen LogP contribution < -0.4 is 5.73 Å². The van der Waals surface area contributed by atoms with E-state index < -0.39 is 10.0 Å². The molecule has 0 aromatic rings. The van der Waals surface area contributed by atoms with Gasteiger partial charge in [-0.1, -0.05) is 0 Å². The van der Waals surface area contributed by atoms with Crippen LogP contribution >= 0.6 is 0 Å². The Balaban J connectivity index is 2.37. The monoisotopic (exact) mass is 263 g/mol. The molecule has 1 aliphatic rings. The summed E-state index contributed by atoms with van der Waals surface area (Å²) in [7, 11) is 0.691. The third-order valence-corrected chi connectivity index (χ3v) is 5.24. The molecule has 0 aromatic heterocycles. The molecule has 1 saturated heterocycles. The van der Waals surface area contributed by atoms with E-state index in [2.05, 4.69) is 11.9 Å². The molecule has 5 nitrogen and oxygen atoms in total. The van der Waals surface area contributed by atoms with Crippen LogP contribution in [0, 0.1) is 5.92 Å². The molecule has 0 amide bonds. The van der Waals surface area contributed by atoms with Gasteiger partial charge in [0, 0.05) is 20.1 Å². The maximum absolute atomic E-state index is 11.9. The van der Waals surface area contributed by atoms with Gasteiger partial charge in [0.25, 0.3) is 0 Å². The topological polar surface area (TPSA) is 66.6 Å². The minimum Gasteiger partial charge on any atom is -0.330 e. The summed E-state index contributed by atoms with van der Waals surface area (Å²) in [5.74, 6) is 0.706. The van der Waals surface area contributed by atoms with Crippen molar-refractivity contribution in [2.24, 2.45) is 11.7 Å². The lowest BCUT2D eigenvalue weighted by Crippen LogP contribution is -2.34. The maximum Gasteiger partial charge on any atom is 0.213 e. The number of nitrogens with two attached hydrogens (primary N) is 1. The summed E-state index contributed by atoms with van der Waals surface area (Å²) in [6.45, 7) is 3.29. The summed E-state index contributed by atoms with van der Waals surface area (Å²) in [5, 5.41) is 0. The van der Waals surface area contributed by atoms with E-state index in [1.165, 1.54) is 4.31 Å². The van der Waals surface area contributed by atoms with Crippen molar-refractivity contribution in [3.05, 3.63) is 0 Å². The number of nitrogens with zero attached hydrogens (tertiary/aromatic N) is 2. The van der Waals surface area contributed by atoms with Crippen LogP contribution in [0.15, 0.2) is 0 Å². The van der Waals surface area contributed by atoms with Gasteiger partial charge in [0.2, 0.25) is 10.0 Å². The molecule has 1 fully saturated rings. The number of sulfonamides is 1. The molecule has 102 valence electrons. The van der Waals surface area contributed by atoms with E-state index >= 15 is 0 Å². The number of rotatable bonds is 7. The summed E-state index contributed by atoms with van der Waals surface area (Å²) < 4.78 is 25.4. The lowest BCUT2D eigenvalue weighted by Gasteiger charge is -2.20. The van der Waals surface area contributed by atoms with Crippen molar-refractivity contribution in [2.75, 3.05) is 46.0 Å². The van der Waals surface area contributed by atoms with E-state index in [1.54, 1.807) is 7.05 Å². The van der Waals surface area contributed by atoms with Crippen molar-refractivity contribution in [1.82, 2.24) is 9.21 Å². The van der Waals surface area contributed by atoms with E-state index in [0.717, 1.165) is 25.9 Å². The SMILES string of the molecule is CN1CCC(CN(C)S(=O)(=O)CCCCN)C1. The second-order valence-corrected chi connectivity index (χ2v) is 7.20. The van der Waals surface area contributed by atoms with Gasteiger partial charge < -0.3 is 10.6 Å². The van der Waals surface area contributed by atoms with Gasteiger partial charge in [0.15, 0.2) is 0 Å². The summed E-state index contributed by atoms with van der Waals surface area (Å²) in [6.07, 6.45) is 2.53. The molecular weight excluding hydrogens is 238 g/mol. The molecule has 0 aliphatic carbocycles. The molecule has 2 N–H and O–H groups in total. The quantitative estimate of drug-likeness (QED) is 0.653. The van der Waals surface area contributed by atoms with E-state index in [0.29, 0.717) is 25.4 Å². The Morgan fingerprint density at radius 2 is 2.12 bits per heavy atom. The van der Waals surface area contributed by atoms with Gasteiger partial charge in [-0.25, -0.2) is 12.7 Å². The van der Waals surface area contributed by atoms with Crippen molar-refractivity contribution in [1.29, 1.82) is 0 Å². The fourth-order valence-corrected chi connectivity index (χ4v) is 3.56. The lowest BCUT2D eigenvalue weighted by molar-refractivity contribution is 0.356. The molecule has 1 rings (SSSR count). The highest BCUT2D eigenvalue weighted by Crippen LogP contribution is 2.16. The summed E-state index contributed by atoms with van der Waals surface area (Å²) >= 11 is 0. The smallest absolute Gasteiger partial charge is 0.213 e. The first-order chi connectivity index (χ1) is 7.95. The van der Waals surface area contributed by atoms with Crippen LogP contribution in [0.25, 0.3) is 0 Å². The van der Waals surface area contributed by atoms with Crippen molar-refractivity contribution in [3.63, 3.8) is 0 Å².